The summed E-state index contributed by atoms with van der Waals surface area (Å²) in [5.41, 5.74) is -0.207. The molecule has 1 saturated heterocycles. The van der Waals surface area contributed by atoms with E-state index in [0.29, 0.717) is 30.9 Å². The number of hydrogen-bond acceptors (Lipinski definition) is 12. The smallest absolute Gasteiger partial charge is 0.347 e. The van der Waals surface area contributed by atoms with Gasteiger partial charge in [-0.05, 0) is 58.0 Å². The third kappa shape index (κ3) is 4.43. The van der Waals surface area contributed by atoms with Crippen LogP contribution < -0.4 is 9.47 Å². The predicted octanol–water partition coefficient (Wildman–Crippen LogP) is 0.215. The number of hydrogen-bond donors (Lipinski definition) is 3. The van der Waals surface area contributed by atoms with E-state index in [0.717, 1.165) is 25.0 Å². The first-order valence-electron chi connectivity index (χ1n) is 13.4. The Bertz CT molecular complexity index is 1330. The van der Waals surface area contributed by atoms with Crippen molar-refractivity contribution >= 4 is 23.9 Å². The van der Waals surface area contributed by atoms with E-state index in [1.54, 1.807) is 6.08 Å². The lowest BCUT2D eigenvalue weighted by molar-refractivity contribution is -0.179. The highest BCUT2D eigenvalue weighted by Gasteiger charge is 2.72. The van der Waals surface area contributed by atoms with Crippen molar-refractivity contribution in [1.29, 1.82) is 0 Å². The van der Waals surface area contributed by atoms with E-state index in [1.807, 2.05) is 19.2 Å². The van der Waals surface area contributed by atoms with Gasteiger partial charge >= 0.3 is 23.9 Å². The Morgan fingerprint density at radius 1 is 1.15 bits per heavy atom. The fraction of sp³-hybridized carbons (Fsp3) is 0.571. The number of likely N-dealkylation sites (N-methyl/N-ethyl adjacent to an activating group) is 1. The molecule has 13 nitrogen and oxygen atoms in total. The summed E-state index contributed by atoms with van der Waals surface area (Å²) in [6.45, 7) is 2.95. The van der Waals surface area contributed by atoms with Crippen molar-refractivity contribution in [3.63, 3.8) is 0 Å². The van der Waals surface area contributed by atoms with Crippen molar-refractivity contribution in [2.75, 3.05) is 20.7 Å². The maximum Gasteiger partial charge on any atom is 0.347 e. The van der Waals surface area contributed by atoms with Crippen LogP contribution in [0.3, 0.4) is 0 Å². The van der Waals surface area contributed by atoms with Crippen molar-refractivity contribution in [3.8, 4) is 11.5 Å². The van der Waals surface area contributed by atoms with Crippen molar-refractivity contribution < 1.29 is 58.2 Å². The van der Waals surface area contributed by atoms with Crippen molar-refractivity contribution in [2.24, 2.45) is 0 Å². The molecule has 0 unspecified atom stereocenters. The molecule has 1 aromatic rings. The van der Waals surface area contributed by atoms with Gasteiger partial charge in [0.1, 0.15) is 5.76 Å². The lowest BCUT2D eigenvalue weighted by Crippen LogP contribution is -2.74. The summed E-state index contributed by atoms with van der Waals surface area (Å²) in [4.78, 5) is 50.1. The third-order valence-corrected chi connectivity index (χ3v) is 8.69. The van der Waals surface area contributed by atoms with E-state index in [-0.39, 0.29) is 18.2 Å². The lowest BCUT2D eigenvalue weighted by atomic mass is 9.50. The Balaban J connectivity index is 1.31. The number of aliphatic carboxylic acids is 1. The number of esters is 3. The molecule has 1 fully saturated rings. The molecular formula is C28H33NO12. The van der Waals surface area contributed by atoms with Crippen LogP contribution in [-0.2, 0) is 45.2 Å². The fourth-order valence-electron chi connectivity index (χ4n) is 6.62. The lowest BCUT2D eigenvalue weighted by Gasteiger charge is -2.61. The van der Waals surface area contributed by atoms with E-state index in [1.165, 1.54) is 7.11 Å². The molecule has 2 heterocycles. The van der Waals surface area contributed by atoms with Gasteiger partial charge in [0.15, 0.2) is 35.9 Å². The van der Waals surface area contributed by atoms with Crippen LogP contribution in [0.2, 0.25) is 0 Å². The zero-order valence-corrected chi connectivity index (χ0v) is 23.1. The molecule has 222 valence electrons. The zero-order valence-electron chi connectivity index (χ0n) is 23.1. The maximum absolute atomic E-state index is 12.9. The van der Waals surface area contributed by atoms with Crippen molar-refractivity contribution in [2.45, 2.75) is 81.0 Å². The molecular weight excluding hydrogens is 542 g/mol. The summed E-state index contributed by atoms with van der Waals surface area (Å²) in [5, 5.41) is 31.3. The number of piperidine rings is 1. The summed E-state index contributed by atoms with van der Waals surface area (Å²) >= 11 is 0. The second kappa shape index (κ2) is 10.3. The molecule has 0 amide bonds. The molecule has 3 N–H and O–H groups in total. The molecule has 1 aromatic carbocycles. The molecule has 2 aliphatic carbocycles. The van der Waals surface area contributed by atoms with Gasteiger partial charge in [-0.1, -0.05) is 6.07 Å². The second-order valence-electron chi connectivity index (χ2n) is 11.0. The number of aliphatic hydroxyl groups excluding tert-OH is 1. The van der Waals surface area contributed by atoms with Gasteiger partial charge in [-0.25, -0.2) is 14.4 Å². The Kier molecular flexibility index (Phi) is 7.24. The number of benzene rings is 1. The summed E-state index contributed by atoms with van der Waals surface area (Å²) in [7, 11) is 3.50. The third-order valence-electron chi connectivity index (χ3n) is 8.69. The number of ether oxygens (including phenoxy) is 5. The van der Waals surface area contributed by atoms with E-state index < -0.39 is 65.7 Å². The fourth-order valence-corrected chi connectivity index (χ4v) is 6.62. The number of carbonyl (C=O) groups is 4. The molecule has 13 heteroatoms. The average Bonchev–Trinajstić information content (AvgIpc) is 3.27. The summed E-state index contributed by atoms with van der Waals surface area (Å²) in [6.07, 6.45) is -3.63. The zero-order chi connectivity index (χ0) is 29.9. The van der Waals surface area contributed by atoms with Gasteiger partial charge in [0.05, 0.1) is 24.5 Å². The monoisotopic (exact) mass is 575 g/mol. The molecule has 0 aromatic heterocycles. The highest BCUT2D eigenvalue weighted by Crippen LogP contribution is 2.65. The molecule has 1 spiro atoms. The van der Waals surface area contributed by atoms with Gasteiger partial charge in [0, 0.05) is 18.0 Å². The number of carboxylic acids is 1. The number of nitrogens with zero attached hydrogens (tertiary/aromatic N) is 1. The van der Waals surface area contributed by atoms with E-state index in [2.05, 4.69) is 9.64 Å². The van der Waals surface area contributed by atoms with E-state index >= 15 is 0 Å². The number of methoxy groups -OCH3 is 1. The minimum Gasteiger partial charge on any atom is -0.493 e. The molecule has 2 bridgehead atoms. The summed E-state index contributed by atoms with van der Waals surface area (Å²) in [6, 6.07) is 3.60. The van der Waals surface area contributed by atoms with Crippen LogP contribution >= 0.6 is 0 Å². The van der Waals surface area contributed by atoms with Gasteiger partial charge in [-0.3, -0.25) is 4.79 Å². The minimum absolute atomic E-state index is 0.161. The van der Waals surface area contributed by atoms with Crippen molar-refractivity contribution in [1.82, 2.24) is 4.90 Å². The van der Waals surface area contributed by atoms with Gasteiger partial charge in [0.25, 0.3) is 0 Å². The van der Waals surface area contributed by atoms with Gasteiger partial charge < -0.3 is 43.9 Å². The highest BCUT2D eigenvalue weighted by atomic mass is 16.6. The van der Waals surface area contributed by atoms with Crippen LogP contribution in [0, 0.1) is 0 Å². The molecule has 0 saturated carbocycles. The molecule has 41 heavy (non-hydrogen) atoms. The predicted molar refractivity (Wildman–Crippen MR) is 137 cm³/mol. The Morgan fingerprint density at radius 2 is 1.85 bits per heavy atom. The SMILES string of the molecule is COc1ccc2c3c1O[C@H]1C(OC(=O)C[C@H](O)C(=O)O[C@@H](C)C(=O)O[C@@H](C)C(=O)O)=CC[C@@]4(O)[C@@H](C2)N(C)CC[C@]314. The average molecular weight is 576 g/mol. The normalized spacial score (nSPS) is 29.6. The maximum atomic E-state index is 12.9. The van der Waals surface area contributed by atoms with Crippen LogP contribution in [0.1, 0.15) is 44.2 Å². The number of carbonyl (C=O) groups excluding carboxylic acids is 3. The molecule has 7 atom stereocenters. The van der Waals surface area contributed by atoms with Gasteiger partial charge in [0.2, 0.25) is 0 Å². The first-order chi connectivity index (χ1) is 19.3. The Hall–Kier alpha value is -3.68. The van der Waals surface area contributed by atoms with Crippen LogP contribution in [0.15, 0.2) is 24.0 Å². The number of aliphatic hydroxyl groups is 2. The van der Waals surface area contributed by atoms with Crippen LogP contribution in [0.25, 0.3) is 0 Å². The molecule has 0 radical (unpaired) electrons. The molecule has 5 rings (SSSR count). The van der Waals surface area contributed by atoms with Crippen LogP contribution in [0.5, 0.6) is 11.5 Å². The van der Waals surface area contributed by atoms with E-state index in [9.17, 15) is 29.4 Å². The first-order valence-corrected chi connectivity index (χ1v) is 13.4. The van der Waals surface area contributed by atoms with Crippen LogP contribution in [-0.4, -0.2) is 101 Å². The quantitative estimate of drug-likeness (QED) is 0.269. The standard InChI is InChI=1S/C28H33NO12/c1-13(24(32)33)38-25(34)14(2)39-26(35)16(30)12-20(31)40-18-7-8-28(36)19-11-15-5-6-17(37-4)22-21(15)27(28,23(18)41-22)9-10-29(19)3/h5-7,13-14,16,19,23,30,36H,8-12H2,1-4H3,(H,32,33)/t13-,14-,16-,19+,23-,27-,28+/m0/s1. The highest BCUT2D eigenvalue weighted by molar-refractivity contribution is 5.85. The minimum atomic E-state index is -1.97. The van der Waals surface area contributed by atoms with Gasteiger partial charge in [-0.2, -0.15) is 0 Å². The molecule has 2 aliphatic heterocycles. The second-order valence-corrected chi connectivity index (χ2v) is 11.0. The number of carboxylic acid groups (broad SMARTS) is 1. The topological polar surface area (TPSA) is 178 Å². The number of likely N-dealkylation sites (tertiary alicyclic amines) is 1. The van der Waals surface area contributed by atoms with E-state index in [4.69, 9.17) is 24.1 Å². The Morgan fingerprint density at radius 3 is 2.54 bits per heavy atom. The first kappa shape index (κ1) is 28.8. The van der Waals surface area contributed by atoms with Crippen LogP contribution in [0.4, 0.5) is 0 Å². The van der Waals surface area contributed by atoms with Crippen molar-refractivity contribution in [3.05, 3.63) is 35.1 Å². The number of rotatable bonds is 9. The molecule has 4 aliphatic rings. The summed E-state index contributed by atoms with van der Waals surface area (Å²) < 4.78 is 27.1. The van der Waals surface area contributed by atoms with Gasteiger partial charge in [-0.15, -0.1) is 0 Å². The Labute approximate surface area is 235 Å². The largest absolute Gasteiger partial charge is 0.493 e. The summed E-state index contributed by atoms with van der Waals surface area (Å²) in [5.74, 6) is -3.59.